The topological polar surface area (TPSA) is 51.6 Å². The van der Waals surface area contributed by atoms with E-state index < -0.39 is 0 Å². The van der Waals surface area contributed by atoms with Crippen LogP contribution in [0.15, 0.2) is 36.9 Å². The molecule has 0 saturated carbocycles. The molecule has 4 nitrogen and oxygen atoms in total. The minimum Gasteiger partial charge on any atom is -0.237 e. The van der Waals surface area contributed by atoms with E-state index in [0.29, 0.717) is 11.6 Å². The maximum Gasteiger partial charge on any atom is 0.151 e. The maximum atomic E-state index is 4.04. The van der Waals surface area contributed by atoms with Gasteiger partial charge in [0.25, 0.3) is 0 Å². The molecule has 0 aliphatic rings. The van der Waals surface area contributed by atoms with E-state index in [-0.39, 0.29) is 0 Å². The van der Waals surface area contributed by atoms with Gasteiger partial charge in [-0.2, -0.15) is 0 Å². The molecule has 2 aromatic heterocycles. The molecule has 0 amide bonds. The van der Waals surface area contributed by atoms with Gasteiger partial charge in [-0.25, -0.2) is 19.9 Å². The van der Waals surface area contributed by atoms with E-state index >= 15 is 0 Å². The van der Waals surface area contributed by atoms with E-state index in [1.807, 2.05) is 0 Å². The van der Waals surface area contributed by atoms with Crippen LogP contribution in [0.3, 0.4) is 0 Å². The molecule has 68 valence electrons. The van der Waals surface area contributed by atoms with Crippen LogP contribution in [0.1, 0.15) is 11.6 Å². The van der Waals surface area contributed by atoms with Crippen LogP contribution in [0, 0.1) is 0 Å². The number of aromatic nitrogens is 4. The fourth-order valence-corrected chi connectivity index (χ4v) is 0.942. The van der Waals surface area contributed by atoms with Gasteiger partial charge in [-0.3, -0.25) is 0 Å². The van der Waals surface area contributed by atoms with E-state index in [4.69, 9.17) is 0 Å². The van der Waals surface area contributed by atoms with Crippen LogP contribution in [0.25, 0.3) is 12.2 Å². The predicted octanol–water partition coefficient (Wildman–Crippen LogP) is 1.44. The van der Waals surface area contributed by atoms with Crippen LogP contribution >= 0.6 is 0 Å². The van der Waals surface area contributed by atoms with E-state index in [9.17, 15) is 0 Å². The van der Waals surface area contributed by atoms with Gasteiger partial charge in [0, 0.05) is 24.8 Å². The summed E-state index contributed by atoms with van der Waals surface area (Å²) in [6, 6.07) is 3.55. The van der Waals surface area contributed by atoms with Crippen molar-refractivity contribution in [3.8, 4) is 0 Å². The highest BCUT2D eigenvalue weighted by Crippen LogP contribution is 1.97. The van der Waals surface area contributed by atoms with Crippen molar-refractivity contribution in [2.24, 2.45) is 0 Å². The largest absolute Gasteiger partial charge is 0.237 e. The van der Waals surface area contributed by atoms with Crippen LogP contribution in [0.4, 0.5) is 0 Å². The van der Waals surface area contributed by atoms with Gasteiger partial charge in [-0.15, -0.1) is 0 Å². The first-order valence-corrected chi connectivity index (χ1v) is 4.17. The highest BCUT2D eigenvalue weighted by atomic mass is 14.9. The Balaban J connectivity index is 2.16. The molecule has 0 spiro atoms. The zero-order valence-corrected chi connectivity index (χ0v) is 7.41. The average Bonchev–Trinajstić information content (AvgIpc) is 2.29. The Morgan fingerprint density at radius 1 is 0.643 bits per heavy atom. The van der Waals surface area contributed by atoms with E-state index in [1.54, 1.807) is 49.1 Å². The number of hydrogen-bond donors (Lipinski definition) is 0. The lowest BCUT2D eigenvalue weighted by Crippen LogP contribution is -1.85. The van der Waals surface area contributed by atoms with Gasteiger partial charge in [-0.05, 0) is 24.3 Å². The van der Waals surface area contributed by atoms with Crippen molar-refractivity contribution in [2.75, 3.05) is 0 Å². The summed E-state index contributed by atoms with van der Waals surface area (Å²) in [6.45, 7) is 0. The fraction of sp³-hybridized carbons (Fsp3) is 0. The van der Waals surface area contributed by atoms with Crippen LogP contribution in [0.2, 0.25) is 0 Å². The second-order valence-corrected chi connectivity index (χ2v) is 2.55. The lowest BCUT2D eigenvalue weighted by molar-refractivity contribution is 1.12. The molecule has 0 saturated heterocycles. The highest BCUT2D eigenvalue weighted by molar-refractivity contribution is 5.62. The van der Waals surface area contributed by atoms with Crippen LogP contribution in [0.5, 0.6) is 0 Å². The molecule has 2 heterocycles. The zero-order valence-electron chi connectivity index (χ0n) is 7.41. The van der Waals surface area contributed by atoms with Gasteiger partial charge < -0.3 is 0 Å². The standard InChI is InChI=1S/C10H8N4/c1-5-11-9(12-6-1)3-4-10-13-7-2-8-14-10/h1-8H. The molecule has 0 aromatic carbocycles. The van der Waals surface area contributed by atoms with Crippen molar-refractivity contribution in [2.45, 2.75) is 0 Å². The van der Waals surface area contributed by atoms with Crippen molar-refractivity contribution in [1.82, 2.24) is 19.9 Å². The van der Waals surface area contributed by atoms with Gasteiger partial charge in [0.2, 0.25) is 0 Å². The first-order valence-electron chi connectivity index (χ1n) is 4.17. The van der Waals surface area contributed by atoms with Crippen molar-refractivity contribution >= 4 is 12.2 Å². The Labute approximate surface area is 81.4 Å². The quantitative estimate of drug-likeness (QED) is 0.708. The van der Waals surface area contributed by atoms with Crippen molar-refractivity contribution in [3.05, 3.63) is 48.6 Å². The van der Waals surface area contributed by atoms with Crippen molar-refractivity contribution in [3.63, 3.8) is 0 Å². The Hall–Kier alpha value is -2.10. The van der Waals surface area contributed by atoms with Gasteiger partial charge in [0.1, 0.15) is 0 Å². The molecule has 0 aliphatic carbocycles. The number of nitrogens with zero attached hydrogens (tertiary/aromatic N) is 4. The molecule has 0 aliphatic heterocycles. The summed E-state index contributed by atoms with van der Waals surface area (Å²) < 4.78 is 0. The number of rotatable bonds is 2. The van der Waals surface area contributed by atoms with E-state index in [0.717, 1.165) is 0 Å². The molecular formula is C10H8N4. The Bertz CT molecular complexity index is 369. The summed E-state index contributed by atoms with van der Waals surface area (Å²) in [5.41, 5.74) is 0. The smallest absolute Gasteiger partial charge is 0.151 e. The summed E-state index contributed by atoms with van der Waals surface area (Å²) in [4.78, 5) is 16.2. The maximum absolute atomic E-state index is 4.04. The van der Waals surface area contributed by atoms with Crippen LogP contribution in [-0.4, -0.2) is 19.9 Å². The molecule has 2 aromatic rings. The zero-order chi connectivity index (χ0) is 9.64. The highest BCUT2D eigenvalue weighted by Gasteiger charge is 1.88. The lowest BCUT2D eigenvalue weighted by Gasteiger charge is -1.90. The minimum atomic E-state index is 0.653. The number of hydrogen-bond acceptors (Lipinski definition) is 4. The molecule has 0 radical (unpaired) electrons. The van der Waals surface area contributed by atoms with E-state index in [2.05, 4.69) is 19.9 Å². The first-order chi connectivity index (χ1) is 6.95. The predicted molar refractivity (Wildman–Crippen MR) is 53.0 cm³/mol. The second-order valence-electron chi connectivity index (χ2n) is 2.55. The molecule has 0 atom stereocenters. The third-order valence-electron chi connectivity index (χ3n) is 1.55. The Morgan fingerprint density at radius 3 is 1.36 bits per heavy atom. The van der Waals surface area contributed by atoms with Crippen LogP contribution in [-0.2, 0) is 0 Å². The lowest BCUT2D eigenvalue weighted by atomic mass is 10.4. The van der Waals surface area contributed by atoms with Gasteiger partial charge >= 0.3 is 0 Å². The SMILES string of the molecule is C(=Cc1ncccn1)c1ncccn1. The van der Waals surface area contributed by atoms with Crippen LogP contribution < -0.4 is 0 Å². The first kappa shape index (κ1) is 8.50. The summed E-state index contributed by atoms with van der Waals surface area (Å²) in [5, 5.41) is 0. The van der Waals surface area contributed by atoms with Crippen molar-refractivity contribution < 1.29 is 0 Å². The van der Waals surface area contributed by atoms with Crippen molar-refractivity contribution in [1.29, 1.82) is 0 Å². The Kier molecular flexibility index (Phi) is 2.56. The third-order valence-corrected chi connectivity index (χ3v) is 1.55. The molecule has 2 rings (SSSR count). The molecule has 0 unspecified atom stereocenters. The third kappa shape index (κ3) is 2.20. The normalized spacial score (nSPS) is 10.6. The van der Waals surface area contributed by atoms with E-state index in [1.165, 1.54) is 0 Å². The molecule has 14 heavy (non-hydrogen) atoms. The average molecular weight is 184 g/mol. The van der Waals surface area contributed by atoms with Gasteiger partial charge in [0.05, 0.1) is 0 Å². The molecule has 0 bridgehead atoms. The van der Waals surface area contributed by atoms with Gasteiger partial charge in [0.15, 0.2) is 11.6 Å². The molecule has 4 heteroatoms. The molecule has 0 fully saturated rings. The summed E-state index contributed by atoms with van der Waals surface area (Å²) >= 11 is 0. The monoisotopic (exact) mass is 184 g/mol. The summed E-state index contributed by atoms with van der Waals surface area (Å²) in [6.07, 6.45) is 10.3. The summed E-state index contributed by atoms with van der Waals surface area (Å²) in [5.74, 6) is 1.31. The minimum absolute atomic E-state index is 0.653. The molecule has 0 N–H and O–H groups in total. The fourth-order valence-electron chi connectivity index (χ4n) is 0.942. The second kappa shape index (κ2) is 4.23. The summed E-state index contributed by atoms with van der Waals surface area (Å²) in [7, 11) is 0. The van der Waals surface area contributed by atoms with Gasteiger partial charge in [-0.1, -0.05) is 0 Å². The Morgan fingerprint density at radius 2 is 1.00 bits per heavy atom. The molecular weight excluding hydrogens is 176 g/mol.